The summed E-state index contributed by atoms with van der Waals surface area (Å²) >= 11 is 0. The number of nitrogens with one attached hydrogen (secondary N) is 2. The van der Waals surface area contributed by atoms with E-state index in [1.807, 2.05) is 51.1 Å². The van der Waals surface area contributed by atoms with Crippen molar-refractivity contribution in [2.75, 3.05) is 18.4 Å². The number of para-hydroxylation sites is 2. The third-order valence-corrected chi connectivity index (χ3v) is 3.83. The van der Waals surface area contributed by atoms with Gasteiger partial charge in [-0.1, -0.05) is 24.3 Å². The van der Waals surface area contributed by atoms with Crippen molar-refractivity contribution < 1.29 is 14.6 Å². The number of ether oxygens (including phenoxy) is 1. The highest BCUT2D eigenvalue weighted by Crippen LogP contribution is 2.29. The highest BCUT2D eigenvalue weighted by Gasteiger charge is 2.16. The Kier molecular flexibility index (Phi) is 5.63. The Balaban J connectivity index is 1.77. The van der Waals surface area contributed by atoms with Gasteiger partial charge in [0.25, 0.3) is 0 Å². The molecule has 146 valence electrons. The molecule has 7 nitrogen and oxygen atoms in total. The van der Waals surface area contributed by atoms with Gasteiger partial charge in [0.05, 0.1) is 11.1 Å². The van der Waals surface area contributed by atoms with Gasteiger partial charge in [-0.2, -0.15) is 0 Å². The van der Waals surface area contributed by atoms with E-state index in [1.54, 1.807) is 18.2 Å². The van der Waals surface area contributed by atoms with Crippen LogP contribution >= 0.6 is 0 Å². The number of aromatic hydroxyl groups is 1. The second-order valence-corrected chi connectivity index (χ2v) is 7.29. The fourth-order valence-corrected chi connectivity index (χ4v) is 2.65. The minimum Gasteiger partial charge on any atom is -0.507 e. The van der Waals surface area contributed by atoms with Crippen LogP contribution in [0, 0.1) is 0 Å². The fourth-order valence-electron chi connectivity index (χ4n) is 2.65. The maximum absolute atomic E-state index is 11.7. The number of carbonyl (C=O) groups excluding carboxylic acids is 1. The number of hydrogen-bond donors (Lipinski definition) is 3. The number of phenols is 1. The molecule has 1 amide bonds. The quantitative estimate of drug-likeness (QED) is 0.580. The van der Waals surface area contributed by atoms with Gasteiger partial charge >= 0.3 is 6.09 Å². The van der Waals surface area contributed by atoms with Crippen molar-refractivity contribution in [2.24, 2.45) is 0 Å². The number of anilines is 1. The van der Waals surface area contributed by atoms with E-state index in [-0.39, 0.29) is 5.75 Å². The lowest BCUT2D eigenvalue weighted by Gasteiger charge is -2.19. The number of amides is 1. The molecule has 1 aromatic heterocycles. The van der Waals surface area contributed by atoms with Crippen LogP contribution in [0.2, 0.25) is 0 Å². The van der Waals surface area contributed by atoms with E-state index in [0.29, 0.717) is 30.3 Å². The molecule has 3 rings (SSSR count). The van der Waals surface area contributed by atoms with E-state index >= 15 is 0 Å². The summed E-state index contributed by atoms with van der Waals surface area (Å²) in [5.74, 6) is 1.18. The van der Waals surface area contributed by atoms with E-state index in [2.05, 4.69) is 20.6 Å². The van der Waals surface area contributed by atoms with Crippen LogP contribution in [-0.4, -0.2) is 39.9 Å². The number of aromatic nitrogens is 2. The van der Waals surface area contributed by atoms with E-state index in [9.17, 15) is 9.90 Å². The molecule has 0 unspecified atom stereocenters. The third kappa shape index (κ3) is 4.88. The smallest absolute Gasteiger partial charge is 0.407 e. The molecule has 0 bridgehead atoms. The van der Waals surface area contributed by atoms with Crippen molar-refractivity contribution in [1.82, 2.24) is 15.3 Å². The molecular weight excluding hydrogens is 356 g/mol. The number of carbonyl (C=O) groups is 1. The zero-order valence-electron chi connectivity index (χ0n) is 16.2. The lowest BCUT2D eigenvalue weighted by molar-refractivity contribution is 0.0530. The summed E-state index contributed by atoms with van der Waals surface area (Å²) in [7, 11) is 0. The van der Waals surface area contributed by atoms with Crippen molar-refractivity contribution in [2.45, 2.75) is 26.4 Å². The number of hydrogen-bond acceptors (Lipinski definition) is 6. The van der Waals surface area contributed by atoms with Gasteiger partial charge in [0.1, 0.15) is 17.2 Å². The van der Waals surface area contributed by atoms with Crippen LogP contribution in [0.3, 0.4) is 0 Å². The minimum atomic E-state index is -0.535. The van der Waals surface area contributed by atoms with Gasteiger partial charge in [-0.25, -0.2) is 14.8 Å². The van der Waals surface area contributed by atoms with Gasteiger partial charge in [-0.15, -0.1) is 0 Å². The van der Waals surface area contributed by atoms with Gasteiger partial charge in [-0.05, 0) is 45.0 Å². The zero-order chi connectivity index (χ0) is 20.1. The molecule has 2 aromatic carbocycles. The molecule has 0 radical (unpaired) electrons. The maximum Gasteiger partial charge on any atom is 0.407 e. The van der Waals surface area contributed by atoms with Gasteiger partial charge < -0.3 is 20.5 Å². The molecule has 7 heteroatoms. The molecule has 3 aromatic rings. The highest BCUT2D eigenvalue weighted by molar-refractivity contribution is 5.90. The average Bonchev–Trinajstić information content (AvgIpc) is 2.64. The summed E-state index contributed by atoms with van der Waals surface area (Å²) in [6, 6.07) is 14.6. The molecule has 0 aliphatic rings. The van der Waals surface area contributed by atoms with Gasteiger partial charge in [0, 0.05) is 18.5 Å². The van der Waals surface area contributed by atoms with Crippen LogP contribution in [0.1, 0.15) is 20.8 Å². The van der Waals surface area contributed by atoms with Crippen LogP contribution in [0.25, 0.3) is 22.3 Å². The molecule has 0 saturated carbocycles. The standard InChI is InChI=1S/C21H24N4O3/c1-21(2,3)28-20(27)23-13-12-22-18-14-8-4-6-10-16(14)24-19(25-18)15-9-5-7-11-17(15)26/h4-11,26H,12-13H2,1-3H3,(H,23,27)(H,22,24,25). The van der Waals surface area contributed by atoms with Gasteiger partial charge in [-0.3, -0.25) is 0 Å². The molecule has 3 N–H and O–H groups in total. The number of phenolic OH excluding ortho intramolecular Hbond substituents is 1. The van der Waals surface area contributed by atoms with Crippen molar-refractivity contribution in [3.63, 3.8) is 0 Å². The van der Waals surface area contributed by atoms with Crippen molar-refractivity contribution in [3.05, 3.63) is 48.5 Å². The first-order valence-electron chi connectivity index (χ1n) is 9.09. The third-order valence-electron chi connectivity index (χ3n) is 3.83. The SMILES string of the molecule is CC(C)(C)OC(=O)NCCNc1nc(-c2ccccc2O)nc2ccccc12. The Morgan fingerprint density at radius 2 is 1.75 bits per heavy atom. The highest BCUT2D eigenvalue weighted by atomic mass is 16.6. The molecule has 0 spiro atoms. The lowest BCUT2D eigenvalue weighted by Crippen LogP contribution is -2.35. The number of rotatable bonds is 5. The van der Waals surface area contributed by atoms with Crippen LogP contribution in [0.5, 0.6) is 5.75 Å². The van der Waals surface area contributed by atoms with Crippen molar-refractivity contribution in [1.29, 1.82) is 0 Å². The summed E-state index contributed by atoms with van der Waals surface area (Å²) in [5.41, 5.74) is 0.786. The van der Waals surface area contributed by atoms with Gasteiger partial charge in [0.2, 0.25) is 0 Å². The number of fused-ring (bicyclic) bond motifs is 1. The molecule has 0 atom stereocenters. The second-order valence-electron chi connectivity index (χ2n) is 7.29. The van der Waals surface area contributed by atoms with Gasteiger partial charge in [0.15, 0.2) is 5.82 Å². The largest absolute Gasteiger partial charge is 0.507 e. The first kappa shape index (κ1) is 19.4. The zero-order valence-corrected chi connectivity index (χ0v) is 16.2. The molecule has 0 aliphatic heterocycles. The van der Waals surface area contributed by atoms with E-state index in [4.69, 9.17) is 4.74 Å². The van der Waals surface area contributed by atoms with E-state index in [0.717, 1.165) is 10.9 Å². The minimum absolute atomic E-state index is 0.121. The first-order valence-corrected chi connectivity index (χ1v) is 9.09. The Morgan fingerprint density at radius 3 is 2.50 bits per heavy atom. The van der Waals surface area contributed by atoms with Crippen LogP contribution in [0.15, 0.2) is 48.5 Å². The van der Waals surface area contributed by atoms with Crippen molar-refractivity contribution >= 4 is 22.8 Å². The second kappa shape index (κ2) is 8.12. The van der Waals surface area contributed by atoms with E-state index in [1.165, 1.54) is 0 Å². The number of benzene rings is 2. The predicted octanol–water partition coefficient (Wildman–Crippen LogP) is 3.94. The summed E-state index contributed by atoms with van der Waals surface area (Å²) in [5, 5.41) is 16.9. The molecule has 1 heterocycles. The monoisotopic (exact) mass is 380 g/mol. The van der Waals surface area contributed by atoms with Crippen molar-refractivity contribution in [3.8, 4) is 17.1 Å². The Labute approximate surface area is 163 Å². The molecular formula is C21H24N4O3. The predicted molar refractivity (Wildman–Crippen MR) is 109 cm³/mol. The fraction of sp³-hybridized carbons (Fsp3) is 0.286. The Bertz CT molecular complexity index is 983. The molecule has 0 saturated heterocycles. The summed E-state index contributed by atoms with van der Waals surface area (Å²) in [4.78, 5) is 20.9. The number of alkyl carbamates (subject to hydrolysis) is 1. The summed E-state index contributed by atoms with van der Waals surface area (Å²) in [6.45, 7) is 6.29. The molecule has 0 aliphatic carbocycles. The van der Waals surface area contributed by atoms with E-state index < -0.39 is 11.7 Å². The Hall–Kier alpha value is -3.35. The number of nitrogens with zero attached hydrogens (tertiary/aromatic N) is 2. The first-order chi connectivity index (χ1) is 13.3. The summed E-state index contributed by atoms with van der Waals surface area (Å²) < 4.78 is 5.22. The topological polar surface area (TPSA) is 96.4 Å². The molecule has 0 fully saturated rings. The van der Waals surface area contributed by atoms with Crippen LogP contribution < -0.4 is 10.6 Å². The normalized spacial score (nSPS) is 11.2. The molecule has 28 heavy (non-hydrogen) atoms. The lowest BCUT2D eigenvalue weighted by atomic mass is 10.1. The van der Waals surface area contributed by atoms with Crippen LogP contribution in [-0.2, 0) is 4.74 Å². The maximum atomic E-state index is 11.7. The Morgan fingerprint density at radius 1 is 1.04 bits per heavy atom. The average molecular weight is 380 g/mol. The summed E-state index contributed by atoms with van der Waals surface area (Å²) in [6.07, 6.45) is -0.461. The van der Waals surface area contributed by atoms with Crippen LogP contribution in [0.4, 0.5) is 10.6 Å².